The number of fused-ring (bicyclic) bond motifs is 2. The Labute approximate surface area is 327 Å². The quantitative estimate of drug-likeness (QED) is 0.0924. The van der Waals surface area contributed by atoms with Crippen LogP contribution in [0.3, 0.4) is 0 Å². The van der Waals surface area contributed by atoms with Gasteiger partial charge in [0.05, 0.1) is 22.3 Å². The molecule has 0 aliphatic carbocycles. The second kappa shape index (κ2) is 18.3. The molecule has 0 nitrogen and oxygen atoms in total. The molecule has 0 fully saturated rings. The zero-order chi connectivity index (χ0) is 38.1. The van der Waals surface area contributed by atoms with Crippen molar-refractivity contribution in [3.8, 4) is 22.3 Å². The van der Waals surface area contributed by atoms with Crippen LogP contribution in [0.25, 0.3) is 43.8 Å². The maximum absolute atomic E-state index is 13.0. The molecule has 6 rings (SSSR count). The van der Waals surface area contributed by atoms with Gasteiger partial charge in [0.25, 0.3) is 0 Å². The standard InChI is InChI=1S/2C18H11F6.C2H6Si.2CH3.Zr/c2*1-10-5-11-3-2-4-15(16(11)6-10)12-7-13(17(19,20)21)9-14(8-12)18(22,23)24;1-3-2;;;/h2*2-9H,1H3;1-2H3;2*1H3;/q2*-1;;2*-1;+4. The molecule has 0 bridgehead atoms. The Balaban J connectivity index is 0.000000479. The van der Waals surface area contributed by atoms with E-state index < -0.39 is 47.0 Å². The van der Waals surface area contributed by atoms with Gasteiger partial charge in [-0.25, -0.2) is 0 Å². The fraction of sp³-hybridized carbons (Fsp3) is 0.200. The van der Waals surface area contributed by atoms with Crippen LogP contribution >= 0.6 is 0 Å². The SMILES string of the molecule is C[Si]C.Cc1cc2c(-c3cc(C(F)(F)F)cc(C(F)(F)F)c3)cccc2[cH-]1.Cc1cc2c(-c3cc(C(F)(F)F)cc(C(F)(F)F)c3)cccc2[cH-]1.[CH3-].[CH3-].[Zr+4]. The van der Waals surface area contributed by atoms with Gasteiger partial charge in [-0.3, -0.25) is 0 Å². The zero-order valence-corrected chi connectivity index (χ0v) is 33.2. The van der Waals surface area contributed by atoms with Crippen LogP contribution in [0.5, 0.6) is 0 Å². The topological polar surface area (TPSA) is 0 Å². The van der Waals surface area contributed by atoms with Gasteiger partial charge in [-0.2, -0.15) is 64.8 Å². The number of benzene rings is 4. The molecule has 0 N–H and O–H groups in total. The third-order valence-corrected chi connectivity index (χ3v) is 7.59. The van der Waals surface area contributed by atoms with E-state index in [1.807, 2.05) is 26.0 Å². The average molecular weight is 862 g/mol. The van der Waals surface area contributed by atoms with Crippen molar-refractivity contribution in [1.82, 2.24) is 0 Å². The van der Waals surface area contributed by atoms with Gasteiger partial charge in [0.2, 0.25) is 0 Å². The van der Waals surface area contributed by atoms with E-state index in [4.69, 9.17) is 0 Å². The van der Waals surface area contributed by atoms with Gasteiger partial charge in [-0.1, -0.05) is 50.2 Å². The van der Waals surface area contributed by atoms with E-state index in [0.29, 0.717) is 21.9 Å². The smallest absolute Gasteiger partial charge is 0.358 e. The Hall–Kier alpha value is -3.64. The number of hydrogen-bond acceptors (Lipinski definition) is 0. The molecule has 0 aromatic heterocycles. The van der Waals surface area contributed by atoms with Crippen molar-refractivity contribution in [2.75, 3.05) is 0 Å². The third-order valence-electron chi connectivity index (χ3n) is 7.59. The van der Waals surface area contributed by atoms with Crippen molar-refractivity contribution >= 4 is 31.1 Å². The number of aryl methyl sites for hydroxylation is 2. The number of hydrogen-bond donors (Lipinski definition) is 0. The van der Waals surface area contributed by atoms with Crippen molar-refractivity contribution in [1.29, 1.82) is 0 Å². The average Bonchev–Trinajstić information content (AvgIpc) is 3.60. The molecule has 0 amide bonds. The number of alkyl halides is 12. The normalized spacial score (nSPS) is 11.7. The molecule has 0 saturated carbocycles. The van der Waals surface area contributed by atoms with Gasteiger partial charge in [0, 0.05) is 9.52 Å². The van der Waals surface area contributed by atoms with Gasteiger partial charge in [0.15, 0.2) is 0 Å². The molecule has 0 unspecified atom stereocenters. The molecular weight excluding hydrogens is 828 g/mol. The van der Waals surface area contributed by atoms with Gasteiger partial charge < -0.3 is 14.9 Å². The first-order valence-electron chi connectivity index (χ1n) is 15.0. The molecule has 0 saturated heterocycles. The van der Waals surface area contributed by atoms with E-state index >= 15 is 0 Å². The molecule has 14 heteroatoms. The van der Waals surface area contributed by atoms with E-state index in [-0.39, 0.29) is 64.3 Å². The van der Waals surface area contributed by atoms with Crippen LogP contribution in [0, 0.1) is 28.7 Å². The van der Waals surface area contributed by atoms with E-state index in [9.17, 15) is 52.7 Å². The predicted molar refractivity (Wildman–Crippen MR) is 190 cm³/mol. The maximum Gasteiger partial charge on any atom is 4.00 e. The first-order chi connectivity index (χ1) is 23.5. The van der Waals surface area contributed by atoms with Crippen LogP contribution in [0.1, 0.15) is 33.4 Å². The van der Waals surface area contributed by atoms with Crippen molar-refractivity contribution in [3.63, 3.8) is 0 Å². The summed E-state index contributed by atoms with van der Waals surface area (Å²) in [6.07, 6.45) is -19.4. The van der Waals surface area contributed by atoms with Crippen molar-refractivity contribution in [2.24, 2.45) is 0 Å². The minimum atomic E-state index is -4.86. The van der Waals surface area contributed by atoms with Crippen LogP contribution in [-0.4, -0.2) is 9.52 Å². The van der Waals surface area contributed by atoms with E-state index in [1.165, 1.54) is 12.1 Å². The molecule has 2 radical (unpaired) electrons. The summed E-state index contributed by atoms with van der Waals surface area (Å²) in [4.78, 5) is 0. The fourth-order valence-electron chi connectivity index (χ4n) is 5.49. The summed E-state index contributed by atoms with van der Waals surface area (Å²) in [6.45, 7) is 7.94. The Kier molecular flexibility index (Phi) is 16.4. The van der Waals surface area contributed by atoms with Crippen LogP contribution < -0.4 is 0 Å². The summed E-state index contributed by atoms with van der Waals surface area (Å²) in [5.74, 6) is 0. The van der Waals surface area contributed by atoms with Crippen LogP contribution in [0.4, 0.5) is 52.7 Å². The monoisotopic (exact) mass is 860 g/mol. The van der Waals surface area contributed by atoms with E-state index in [0.717, 1.165) is 55.7 Å². The van der Waals surface area contributed by atoms with E-state index in [1.54, 1.807) is 36.4 Å². The van der Waals surface area contributed by atoms with Crippen molar-refractivity contribution in [2.45, 2.75) is 51.6 Å². The van der Waals surface area contributed by atoms with E-state index in [2.05, 4.69) is 13.1 Å². The van der Waals surface area contributed by atoms with Gasteiger partial charge in [-0.15, -0.1) is 69.1 Å². The molecule has 286 valence electrons. The first-order valence-corrected chi connectivity index (χ1v) is 17.0. The third kappa shape index (κ3) is 11.7. The fourth-order valence-corrected chi connectivity index (χ4v) is 5.49. The Morgan fingerprint density at radius 2 is 0.704 bits per heavy atom. The van der Waals surface area contributed by atoms with Crippen LogP contribution in [0.2, 0.25) is 13.1 Å². The molecule has 0 heterocycles. The minimum Gasteiger partial charge on any atom is -0.358 e. The Bertz CT molecular complexity index is 1910. The molecule has 0 aliphatic heterocycles. The summed E-state index contributed by atoms with van der Waals surface area (Å²) in [7, 11) is 1.08. The molecular formula is C40H34F12SiZr. The molecule has 0 atom stereocenters. The Morgan fingerprint density at radius 1 is 0.444 bits per heavy atom. The zero-order valence-electron chi connectivity index (χ0n) is 29.8. The van der Waals surface area contributed by atoms with Crippen molar-refractivity contribution in [3.05, 3.63) is 145 Å². The van der Waals surface area contributed by atoms with Crippen molar-refractivity contribution < 1.29 is 78.9 Å². The summed E-state index contributed by atoms with van der Waals surface area (Å²) < 4.78 is 156. The summed E-state index contributed by atoms with van der Waals surface area (Å²) in [5.41, 5.74) is -2.99. The number of halogens is 12. The van der Waals surface area contributed by atoms with Gasteiger partial charge >= 0.3 is 50.9 Å². The predicted octanol–water partition coefficient (Wildman–Crippen LogP) is 14.8. The summed E-state index contributed by atoms with van der Waals surface area (Å²) in [5, 5.41) is 2.80. The summed E-state index contributed by atoms with van der Waals surface area (Å²) in [6, 6.07) is 20.3. The second-order valence-electron chi connectivity index (χ2n) is 11.8. The minimum absolute atomic E-state index is 0. The first kappa shape index (κ1) is 48.4. The van der Waals surface area contributed by atoms with Gasteiger partial charge in [0.1, 0.15) is 0 Å². The largest absolute Gasteiger partial charge is 4.00 e. The summed E-state index contributed by atoms with van der Waals surface area (Å²) >= 11 is 0. The van der Waals surface area contributed by atoms with Crippen LogP contribution in [0.15, 0.2) is 97.1 Å². The van der Waals surface area contributed by atoms with Crippen LogP contribution in [-0.2, 0) is 50.9 Å². The molecule has 0 aliphatic rings. The molecule has 6 aromatic rings. The van der Waals surface area contributed by atoms with Gasteiger partial charge in [-0.05, 0) is 47.5 Å². The maximum atomic E-state index is 13.0. The molecule has 54 heavy (non-hydrogen) atoms. The Morgan fingerprint density at radius 3 is 0.944 bits per heavy atom. The number of rotatable bonds is 2. The molecule has 6 aromatic carbocycles. The molecule has 0 spiro atoms. The second-order valence-corrected chi connectivity index (χ2v) is 12.8.